The zero-order chi connectivity index (χ0) is 12.3. The van der Waals surface area contributed by atoms with Gasteiger partial charge in [0.1, 0.15) is 5.82 Å². The van der Waals surface area contributed by atoms with Crippen LogP contribution in [-0.2, 0) is 0 Å². The molecule has 98 valence electrons. The first-order valence-corrected chi connectivity index (χ1v) is 6.15. The molecule has 1 aromatic carbocycles. The van der Waals surface area contributed by atoms with Crippen LogP contribution in [-0.4, -0.2) is 11.2 Å². The third-order valence-corrected chi connectivity index (χ3v) is 3.77. The SMILES string of the molecule is CCC(C)[C@H](O)[C@H](N)c1cccc(F)c1Br.Cl. The molecule has 1 aromatic rings. The van der Waals surface area contributed by atoms with Crippen LogP contribution < -0.4 is 5.73 Å². The Hall–Kier alpha value is -0.160. The minimum absolute atomic E-state index is 0. The van der Waals surface area contributed by atoms with E-state index in [0.29, 0.717) is 10.0 Å². The van der Waals surface area contributed by atoms with Crippen molar-refractivity contribution in [2.75, 3.05) is 0 Å². The molecule has 0 aromatic heterocycles. The highest BCUT2D eigenvalue weighted by molar-refractivity contribution is 9.10. The number of hydrogen-bond acceptors (Lipinski definition) is 2. The van der Waals surface area contributed by atoms with Crippen LogP contribution in [0.5, 0.6) is 0 Å². The van der Waals surface area contributed by atoms with Gasteiger partial charge in [-0.25, -0.2) is 4.39 Å². The number of aliphatic hydroxyl groups excluding tert-OH is 1. The summed E-state index contributed by atoms with van der Waals surface area (Å²) in [5.74, 6) is -0.269. The molecule has 5 heteroatoms. The van der Waals surface area contributed by atoms with Crippen LogP contribution in [0.1, 0.15) is 31.9 Å². The Labute approximate surface area is 116 Å². The summed E-state index contributed by atoms with van der Waals surface area (Å²) < 4.78 is 13.6. The van der Waals surface area contributed by atoms with Crippen molar-refractivity contribution >= 4 is 28.3 Å². The summed E-state index contributed by atoms with van der Waals surface area (Å²) in [6, 6.07) is 4.11. The van der Waals surface area contributed by atoms with E-state index in [0.717, 1.165) is 6.42 Å². The fourth-order valence-corrected chi connectivity index (χ4v) is 2.09. The maximum absolute atomic E-state index is 13.3. The molecule has 3 N–H and O–H groups in total. The molecule has 0 spiro atoms. The summed E-state index contributed by atoms with van der Waals surface area (Å²) in [5, 5.41) is 9.99. The van der Waals surface area contributed by atoms with E-state index in [1.54, 1.807) is 12.1 Å². The quantitative estimate of drug-likeness (QED) is 0.890. The third-order valence-electron chi connectivity index (χ3n) is 2.94. The topological polar surface area (TPSA) is 46.2 Å². The second kappa shape index (κ2) is 7.31. The third kappa shape index (κ3) is 3.91. The van der Waals surface area contributed by atoms with Gasteiger partial charge in [0.25, 0.3) is 0 Å². The Balaban J connectivity index is 0.00000256. The van der Waals surface area contributed by atoms with Gasteiger partial charge in [-0.2, -0.15) is 0 Å². The zero-order valence-electron chi connectivity index (χ0n) is 9.86. The second-order valence-corrected chi connectivity index (χ2v) is 4.84. The largest absolute Gasteiger partial charge is 0.391 e. The van der Waals surface area contributed by atoms with E-state index in [4.69, 9.17) is 5.73 Å². The minimum Gasteiger partial charge on any atom is -0.391 e. The van der Waals surface area contributed by atoms with E-state index < -0.39 is 12.1 Å². The molecule has 0 amide bonds. The number of benzene rings is 1. The Morgan fingerprint density at radius 3 is 2.59 bits per heavy atom. The molecule has 0 saturated carbocycles. The number of hydrogen-bond donors (Lipinski definition) is 2. The normalized spacial score (nSPS) is 15.9. The fourth-order valence-electron chi connectivity index (χ4n) is 1.56. The van der Waals surface area contributed by atoms with Crippen LogP contribution in [0.2, 0.25) is 0 Å². The van der Waals surface area contributed by atoms with Crippen molar-refractivity contribution in [3.63, 3.8) is 0 Å². The summed E-state index contributed by atoms with van der Waals surface area (Å²) in [7, 11) is 0. The van der Waals surface area contributed by atoms with Crippen LogP contribution in [0.3, 0.4) is 0 Å². The van der Waals surface area contributed by atoms with Gasteiger partial charge >= 0.3 is 0 Å². The lowest BCUT2D eigenvalue weighted by atomic mass is 9.91. The predicted octanol–water partition coefficient (Wildman–Crippen LogP) is 3.42. The predicted molar refractivity (Wildman–Crippen MR) is 73.7 cm³/mol. The van der Waals surface area contributed by atoms with E-state index >= 15 is 0 Å². The van der Waals surface area contributed by atoms with Crippen molar-refractivity contribution in [2.24, 2.45) is 11.7 Å². The molecule has 0 bridgehead atoms. The Morgan fingerprint density at radius 1 is 1.47 bits per heavy atom. The van der Waals surface area contributed by atoms with Gasteiger partial charge < -0.3 is 10.8 Å². The number of aliphatic hydroxyl groups is 1. The van der Waals surface area contributed by atoms with Gasteiger partial charge in [0.15, 0.2) is 0 Å². The fraction of sp³-hybridized carbons (Fsp3) is 0.500. The highest BCUT2D eigenvalue weighted by atomic mass is 79.9. The van der Waals surface area contributed by atoms with Gasteiger partial charge in [-0.1, -0.05) is 32.4 Å². The number of nitrogens with two attached hydrogens (primary N) is 1. The summed E-state index contributed by atoms with van der Waals surface area (Å²) in [4.78, 5) is 0. The molecule has 1 unspecified atom stereocenters. The van der Waals surface area contributed by atoms with Gasteiger partial charge in [-0.15, -0.1) is 12.4 Å². The molecule has 0 fully saturated rings. The Kier molecular flexibility index (Phi) is 7.24. The summed E-state index contributed by atoms with van der Waals surface area (Å²) >= 11 is 3.15. The van der Waals surface area contributed by atoms with Crippen molar-refractivity contribution in [2.45, 2.75) is 32.4 Å². The van der Waals surface area contributed by atoms with Gasteiger partial charge in [0.2, 0.25) is 0 Å². The lowest BCUT2D eigenvalue weighted by molar-refractivity contribution is 0.0876. The zero-order valence-corrected chi connectivity index (χ0v) is 12.3. The Bertz CT molecular complexity index is 364. The van der Waals surface area contributed by atoms with Crippen molar-refractivity contribution in [3.8, 4) is 0 Å². The lowest BCUT2D eigenvalue weighted by Crippen LogP contribution is -2.31. The summed E-state index contributed by atoms with van der Waals surface area (Å²) in [6.07, 6.45) is 0.171. The lowest BCUT2D eigenvalue weighted by Gasteiger charge is -2.25. The second-order valence-electron chi connectivity index (χ2n) is 4.04. The highest BCUT2D eigenvalue weighted by Crippen LogP contribution is 2.29. The van der Waals surface area contributed by atoms with E-state index in [1.165, 1.54) is 6.07 Å². The van der Waals surface area contributed by atoms with Crippen LogP contribution in [0.25, 0.3) is 0 Å². The van der Waals surface area contributed by atoms with Crippen LogP contribution in [0.15, 0.2) is 22.7 Å². The molecule has 0 aliphatic heterocycles. The van der Waals surface area contributed by atoms with Crippen molar-refractivity contribution in [1.29, 1.82) is 0 Å². The maximum Gasteiger partial charge on any atom is 0.137 e. The Morgan fingerprint density at radius 2 is 2.06 bits per heavy atom. The van der Waals surface area contributed by atoms with Crippen LogP contribution in [0, 0.1) is 11.7 Å². The average molecular weight is 327 g/mol. The number of rotatable bonds is 4. The van der Waals surface area contributed by atoms with Crippen molar-refractivity contribution in [3.05, 3.63) is 34.1 Å². The van der Waals surface area contributed by atoms with Gasteiger partial charge in [0.05, 0.1) is 16.6 Å². The molecule has 0 aliphatic rings. The standard InChI is InChI=1S/C12H17BrFNO.ClH/c1-3-7(2)12(16)11(15)8-5-4-6-9(14)10(8)13;/h4-7,11-12,16H,3,15H2,1-2H3;1H/t7?,11-,12+;/m1./s1. The van der Waals surface area contributed by atoms with E-state index in [9.17, 15) is 9.50 Å². The molecular formula is C12H18BrClFNO. The molecule has 0 saturated heterocycles. The average Bonchev–Trinajstić information content (AvgIpc) is 2.29. The van der Waals surface area contributed by atoms with Crippen LogP contribution >= 0.6 is 28.3 Å². The minimum atomic E-state index is -0.664. The first kappa shape index (κ1) is 16.8. The first-order chi connectivity index (χ1) is 7.49. The molecule has 17 heavy (non-hydrogen) atoms. The molecular weight excluding hydrogens is 308 g/mol. The van der Waals surface area contributed by atoms with E-state index in [-0.39, 0.29) is 24.1 Å². The summed E-state index contributed by atoms with van der Waals surface area (Å²) in [6.45, 7) is 3.92. The van der Waals surface area contributed by atoms with Gasteiger partial charge in [0, 0.05) is 0 Å². The van der Waals surface area contributed by atoms with E-state index in [1.807, 2.05) is 13.8 Å². The molecule has 0 heterocycles. The van der Waals surface area contributed by atoms with Crippen molar-refractivity contribution in [1.82, 2.24) is 0 Å². The smallest absolute Gasteiger partial charge is 0.137 e. The molecule has 0 aliphatic carbocycles. The maximum atomic E-state index is 13.3. The van der Waals surface area contributed by atoms with Gasteiger partial charge in [-0.05, 0) is 33.5 Å². The first-order valence-electron chi connectivity index (χ1n) is 5.36. The monoisotopic (exact) mass is 325 g/mol. The molecule has 0 radical (unpaired) electrons. The van der Waals surface area contributed by atoms with E-state index in [2.05, 4.69) is 15.9 Å². The summed E-state index contributed by atoms with van der Waals surface area (Å²) in [5.41, 5.74) is 6.54. The van der Waals surface area contributed by atoms with Crippen molar-refractivity contribution < 1.29 is 9.50 Å². The molecule has 3 atom stereocenters. The molecule has 1 rings (SSSR count). The van der Waals surface area contributed by atoms with Gasteiger partial charge in [-0.3, -0.25) is 0 Å². The highest BCUT2D eigenvalue weighted by Gasteiger charge is 2.24. The number of halogens is 3. The molecule has 2 nitrogen and oxygen atoms in total. The van der Waals surface area contributed by atoms with Crippen LogP contribution in [0.4, 0.5) is 4.39 Å².